The van der Waals surface area contributed by atoms with Gasteiger partial charge in [0.05, 0.1) is 23.2 Å². The average molecular weight is 634 g/mol. The molecule has 11 nitrogen and oxygen atoms in total. The molecule has 1 unspecified atom stereocenters. The lowest BCUT2D eigenvalue weighted by Crippen LogP contribution is -2.56. The number of anilines is 2. The van der Waals surface area contributed by atoms with Crippen molar-refractivity contribution < 1.29 is 14.0 Å². The molecule has 7 rings (SSSR count). The minimum atomic E-state index is -0.641. The van der Waals surface area contributed by atoms with E-state index in [4.69, 9.17) is 0 Å². The third-order valence-corrected chi connectivity index (χ3v) is 9.24. The van der Waals surface area contributed by atoms with Crippen molar-refractivity contribution >= 4 is 34.2 Å². The van der Waals surface area contributed by atoms with Crippen LogP contribution >= 0.6 is 0 Å². The molecule has 2 aliphatic rings. The summed E-state index contributed by atoms with van der Waals surface area (Å²) in [6.07, 6.45) is 5.86. The molecule has 240 valence electrons. The summed E-state index contributed by atoms with van der Waals surface area (Å²) in [4.78, 5) is 46.4. The van der Waals surface area contributed by atoms with E-state index < -0.39 is 5.41 Å². The highest BCUT2D eigenvalue weighted by atomic mass is 19.1. The van der Waals surface area contributed by atoms with Gasteiger partial charge in [0.2, 0.25) is 11.8 Å². The zero-order valence-electron chi connectivity index (χ0n) is 26.4. The minimum Gasteiger partial charge on any atom is -0.353 e. The molecule has 3 aromatic heterocycles. The van der Waals surface area contributed by atoms with Gasteiger partial charge < -0.3 is 15.1 Å². The van der Waals surface area contributed by atoms with Crippen molar-refractivity contribution in [2.75, 3.05) is 49.5 Å². The van der Waals surface area contributed by atoms with Gasteiger partial charge in [-0.25, -0.2) is 19.3 Å². The summed E-state index contributed by atoms with van der Waals surface area (Å²) in [5, 5.41) is 11.3. The molecule has 2 atom stereocenters. The predicted molar refractivity (Wildman–Crippen MR) is 178 cm³/mol. The quantitative estimate of drug-likeness (QED) is 0.267. The number of H-pyrrole nitrogens is 1. The standard InChI is InChI=1S/C35H36FN9O2/c1-23-20-44(30-11-6-25(19-39-30)33-37-13-3-14-38-33)16-17-45(23)31(46)21-43-15-12-35(2,22-43)34(47)40-27-9-10-29-28(18-27)32(42-41-29)24-4-7-26(36)8-5-24/h3-11,13-14,18-19,23H,12,15-17,20-22H2,1-2H3,(H,40,47)(H,41,42)/t23-,35?/m1/s1. The molecule has 5 aromatic rings. The first-order chi connectivity index (χ1) is 22.8. The lowest BCUT2D eigenvalue weighted by atomic mass is 9.88. The Morgan fingerprint density at radius 3 is 2.53 bits per heavy atom. The minimum absolute atomic E-state index is 0.0186. The molecule has 0 aliphatic carbocycles. The van der Waals surface area contributed by atoms with Gasteiger partial charge in [0.15, 0.2) is 5.82 Å². The van der Waals surface area contributed by atoms with E-state index >= 15 is 0 Å². The fraction of sp³-hybridized carbons (Fsp3) is 0.314. The number of hydrogen-bond donors (Lipinski definition) is 2. The number of likely N-dealkylation sites (tertiary alicyclic amines) is 1. The number of piperazine rings is 1. The van der Waals surface area contributed by atoms with Gasteiger partial charge in [0.1, 0.15) is 11.6 Å². The van der Waals surface area contributed by atoms with Crippen LogP contribution in [0.15, 0.2) is 79.3 Å². The molecule has 0 radical (unpaired) electrons. The average Bonchev–Trinajstić information content (AvgIpc) is 3.69. The van der Waals surface area contributed by atoms with Crippen molar-refractivity contribution in [3.05, 3.63) is 85.1 Å². The summed E-state index contributed by atoms with van der Waals surface area (Å²) >= 11 is 0. The molecule has 2 saturated heterocycles. The van der Waals surface area contributed by atoms with E-state index in [0.717, 1.165) is 27.8 Å². The van der Waals surface area contributed by atoms with E-state index in [0.29, 0.717) is 56.4 Å². The molecule has 2 amide bonds. The fourth-order valence-corrected chi connectivity index (χ4v) is 6.55. The van der Waals surface area contributed by atoms with Crippen molar-refractivity contribution in [2.24, 2.45) is 5.41 Å². The monoisotopic (exact) mass is 633 g/mol. The molecule has 2 N–H and O–H groups in total. The zero-order valence-corrected chi connectivity index (χ0v) is 26.4. The number of nitrogens with zero attached hydrogens (tertiary/aromatic N) is 7. The maximum atomic E-state index is 13.5. The van der Waals surface area contributed by atoms with Crippen molar-refractivity contribution in [3.8, 4) is 22.6 Å². The largest absolute Gasteiger partial charge is 0.353 e. The number of nitrogens with one attached hydrogen (secondary N) is 2. The Hall–Kier alpha value is -5.23. The van der Waals surface area contributed by atoms with Crippen LogP contribution in [0.1, 0.15) is 20.3 Å². The van der Waals surface area contributed by atoms with Gasteiger partial charge in [-0.3, -0.25) is 19.6 Å². The molecule has 5 heterocycles. The topological polar surface area (TPSA) is 123 Å². The predicted octanol–water partition coefficient (Wildman–Crippen LogP) is 4.61. The molecule has 2 fully saturated rings. The number of carbonyl (C=O) groups is 2. The molecule has 2 aliphatic heterocycles. The molecule has 0 spiro atoms. The second-order valence-corrected chi connectivity index (χ2v) is 12.7. The van der Waals surface area contributed by atoms with Crippen LogP contribution in [0.3, 0.4) is 0 Å². The van der Waals surface area contributed by atoms with Crippen LogP contribution in [0.5, 0.6) is 0 Å². The van der Waals surface area contributed by atoms with Gasteiger partial charge in [-0.1, -0.05) is 0 Å². The first-order valence-electron chi connectivity index (χ1n) is 15.8. The van der Waals surface area contributed by atoms with E-state index in [9.17, 15) is 14.0 Å². The number of carbonyl (C=O) groups excluding carboxylic acids is 2. The highest BCUT2D eigenvalue weighted by molar-refractivity contribution is 6.00. The number of benzene rings is 2. The number of rotatable bonds is 7. The Bertz CT molecular complexity index is 1900. The van der Waals surface area contributed by atoms with Gasteiger partial charge in [-0.05, 0) is 87.5 Å². The first kappa shape index (κ1) is 30.4. The molecule has 0 saturated carbocycles. The number of halogens is 1. The molecule has 12 heteroatoms. The Labute approximate surface area is 271 Å². The molecular weight excluding hydrogens is 597 g/mol. The van der Waals surface area contributed by atoms with Crippen LogP contribution in [0.4, 0.5) is 15.9 Å². The number of amides is 2. The van der Waals surface area contributed by atoms with Crippen molar-refractivity contribution in [2.45, 2.75) is 26.3 Å². The maximum Gasteiger partial charge on any atom is 0.237 e. The van der Waals surface area contributed by atoms with Gasteiger partial charge in [0, 0.05) is 73.0 Å². The SMILES string of the molecule is C[C@@H]1CN(c2ccc(-c3ncccn3)cn2)CCN1C(=O)CN1CCC(C)(C(=O)Nc2ccc3[nH]nc(-c4ccc(F)cc4)c3c2)C1. The number of aromatic amines is 1. The Balaban J connectivity index is 0.939. The van der Waals surface area contributed by atoms with Crippen LogP contribution in [0, 0.1) is 11.2 Å². The fourth-order valence-electron chi connectivity index (χ4n) is 6.55. The van der Waals surface area contributed by atoms with Crippen molar-refractivity contribution in [1.82, 2.24) is 34.9 Å². The summed E-state index contributed by atoms with van der Waals surface area (Å²) in [7, 11) is 0. The van der Waals surface area contributed by atoms with Gasteiger partial charge in [0.25, 0.3) is 0 Å². The Morgan fingerprint density at radius 1 is 1.00 bits per heavy atom. The highest BCUT2D eigenvalue weighted by Crippen LogP contribution is 2.33. The lowest BCUT2D eigenvalue weighted by Gasteiger charge is -2.41. The second-order valence-electron chi connectivity index (χ2n) is 12.7. The van der Waals surface area contributed by atoms with Gasteiger partial charge in [-0.2, -0.15) is 5.10 Å². The van der Waals surface area contributed by atoms with Crippen LogP contribution in [0.2, 0.25) is 0 Å². The van der Waals surface area contributed by atoms with Crippen LogP contribution in [0.25, 0.3) is 33.5 Å². The summed E-state index contributed by atoms with van der Waals surface area (Å²) in [5.41, 5.74) is 3.17. The molecule has 0 bridgehead atoms. The van der Waals surface area contributed by atoms with Crippen LogP contribution in [-0.2, 0) is 9.59 Å². The number of pyridine rings is 1. The van der Waals surface area contributed by atoms with Gasteiger partial charge >= 0.3 is 0 Å². The molecular formula is C35H36FN9O2. The van der Waals surface area contributed by atoms with Crippen LogP contribution in [-0.4, -0.2) is 92.1 Å². The van der Waals surface area contributed by atoms with E-state index in [1.165, 1.54) is 12.1 Å². The second kappa shape index (κ2) is 12.5. The third-order valence-electron chi connectivity index (χ3n) is 9.24. The van der Waals surface area contributed by atoms with Gasteiger partial charge in [-0.15, -0.1) is 0 Å². The van der Waals surface area contributed by atoms with E-state index in [1.807, 2.05) is 42.2 Å². The zero-order chi connectivity index (χ0) is 32.5. The highest BCUT2D eigenvalue weighted by Gasteiger charge is 2.41. The van der Waals surface area contributed by atoms with Crippen LogP contribution < -0.4 is 10.2 Å². The van der Waals surface area contributed by atoms with E-state index in [1.54, 1.807) is 36.8 Å². The summed E-state index contributed by atoms with van der Waals surface area (Å²) < 4.78 is 13.5. The molecule has 47 heavy (non-hydrogen) atoms. The van der Waals surface area contributed by atoms with E-state index in [2.05, 4.69) is 47.2 Å². The smallest absolute Gasteiger partial charge is 0.237 e. The first-order valence-corrected chi connectivity index (χ1v) is 15.8. The number of aromatic nitrogens is 5. The maximum absolute atomic E-state index is 13.5. The van der Waals surface area contributed by atoms with E-state index in [-0.39, 0.29) is 30.2 Å². The molecule has 2 aromatic carbocycles. The Morgan fingerprint density at radius 2 is 1.79 bits per heavy atom. The normalized spacial score (nSPS) is 20.1. The lowest BCUT2D eigenvalue weighted by molar-refractivity contribution is -0.135. The number of hydrogen-bond acceptors (Lipinski definition) is 8. The Kier molecular flexibility index (Phi) is 8.10. The summed E-state index contributed by atoms with van der Waals surface area (Å²) in [5.74, 6) is 1.18. The third kappa shape index (κ3) is 6.28. The van der Waals surface area contributed by atoms with Crippen molar-refractivity contribution in [1.29, 1.82) is 0 Å². The summed E-state index contributed by atoms with van der Waals surface area (Å²) in [6.45, 7) is 7.44. The number of fused-ring (bicyclic) bond motifs is 1. The summed E-state index contributed by atoms with van der Waals surface area (Å²) in [6, 6.07) is 17.5. The van der Waals surface area contributed by atoms with Crippen molar-refractivity contribution in [3.63, 3.8) is 0 Å².